The molecule has 0 unspecified atom stereocenters. The Hall–Kier alpha value is -1.50. The summed E-state index contributed by atoms with van der Waals surface area (Å²) in [5.41, 5.74) is -0.815. The van der Waals surface area contributed by atoms with E-state index in [9.17, 15) is 14.4 Å². The highest BCUT2D eigenvalue weighted by Crippen LogP contribution is 2.60. The summed E-state index contributed by atoms with van der Waals surface area (Å²) < 4.78 is 2.66. The number of amides is 1. The standard InChI is InChI=1S/C19H27N3O3S/c1-21-15(8-16(23)22(2)18(21)25)17(24)20-3-4-26-19-9-12-5-13(10-19)7-14(6-12)11-19/h8,12-14H,3-7,9-11H2,1-2H3,(H,20,24). The lowest BCUT2D eigenvalue weighted by atomic mass is 9.56. The topological polar surface area (TPSA) is 73.1 Å². The van der Waals surface area contributed by atoms with Crippen molar-refractivity contribution in [3.63, 3.8) is 0 Å². The number of carbonyl (C=O) groups is 1. The van der Waals surface area contributed by atoms with Gasteiger partial charge < -0.3 is 5.32 Å². The summed E-state index contributed by atoms with van der Waals surface area (Å²) in [5, 5.41) is 2.88. The van der Waals surface area contributed by atoms with E-state index < -0.39 is 11.2 Å². The third-order valence-electron chi connectivity index (χ3n) is 6.54. The number of thioether (sulfide) groups is 1. The van der Waals surface area contributed by atoms with Gasteiger partial charge in [0.2, 0.25) is 0 Å². The Bertz CT molecular complexity index is 806. The molecule has 1 heterocycles. The van der Waals surface area contributed by atoms with Gasteiger partial charge in [0, 0.05) is 37.2 Å². The van der Waals surface area contributed by atoms with E-state index in [2.05, 4.69) is 5.32 Å². The van der Waals surface area contributed by atoms with E-state index in [1.807, 2.05) is 11.8 Å². The molecule has 1 aromatic rings. The van der Waals surface area contributed by atoms with Crippen LogP contribution in [-0.2, 0) is 14.1 Å². The van der Waals surface area contributed by atoms with Gasteiger partial charge >= 0.3 is 5.69 Å². The molecule has 0 atom stereocenters. The van der Waals surface area contributed by atoms with Crippen LogP contribution in [0, 0.1) is 17.8 Å². The van der Waals surface area contributed by atoms with Crippen LogP contribution in [-0.4, -0.2) is 32.1 Å². The maximum absolute atomic E-state index is 12.4. The predicted octanol–water partition coefficient (Wildman–Crippen LogP) is 1.52. The molecular weight excluding hydrogens is 350 g/mol. The van der Waals surface area contributed by atoms with Crippen molar-refractivity contribution < 1.29 is 4.79 Å². The molecule has 26 heavy (non-hydrogen) atoms. The van der Waals surface area contributed by atoms with Crippen molar-refractivity contribution in [2.75, 3.05) is 12.3 Å². The predicted molar refractivity (Wildman–Crippen MR) is 103 cm³/mol. The molecule has 6 nitrogen and oxygen atoms in total. The average molecular weight is 378 g/mol. The molecule has 4 saturated carbocycles. The van der Waals surface area contributed by atoms with Crippen LogP contribution >= 0.6 is 11.8 Å². The Morgan fingerprint density at radius 1 is 1.12 bits per heavy atom. The van der Waals surface area contributed by atoms with Crippen LogP contribution in [0.3, 0.4) is 0 Å². The van der Waals surface area contributed by atoms with Crippen molar-refractivity contribution in [2.24, 2.45) is 31.8 Å². The summed E-state index contributed by atoms with van der Waals surface area (Å²) in [7, 11) is 2.93. The van der Waals surface area contributed by atoms with E-state index in [1.54, 1.807) is 0 Å². The third kappa shape index (κ3) is 3.15. The van der Waals surface area contributed by atoms with Crippen LogP contribution < -0.4 is 16.6 Å². The fourth-order valence-corrected chi connectivity index (χ4v) is 7.38. The Labute approximate surface area is 157 Å². The van der Waals surface area contributed by atoms with Crippen LogP contribution in [0.15, 0.2) is 15.7 Å². The van der Waals surface area contributed by atoms with Crippen LogP contribution in [0.25, 0.3) is 0 Å². The summed E-state index contributed by atoms with van der Waals surface area (Å²) in [5.74, 6) is 3.32. The van der Waals surface area contributed by atoms with E-state index in [0.717, 1.165) is 28.1 Å². The number of hydrogen-bond donors (Lipinski definition) is 1. The second-order valence-electron chi connectivity index (χ2n) is 8.47. The van der Waals surface area contributed by atoms with Crippen molar-refractivity contribution in [3.8, 4) is 0 Å². The number of rotatable bonds is 5. The van der Waals surface area contributed by atoms with E-state index in [1.165, 1.54) is 63.3 Å². The normalized spacial score (nSPS) is 32.0. The largest absolute Gasteiger partial charge is 0.350 e. The first-order valence-corrected chi connectivity index (χ1v) is 10.5. The fraction of sp³-hybridized carbons (Fsp3) is 0.737. The Morgan fingerprint density at radius 2 is 1.69 bits per heavy atom. The maximum atomic E-state index is 12.4. The third-order valence-corrected chi connectivity index (χ3v) is 8.06. The van der Waals surface area contributed by atoms with Gasteiger partial charge in [-0.15, -0.1) is 0 Å². The van der Waals surface area contributed by atoms with E-state index >= 15 is 0 Å². The second-order valence-corrected chi connectivity index (χ2v) is 10.0. The van der Waals surface area contributed by atoms with Crippen molar-refractivity contribution in [2.45, 2.75) is 43.3 Å². The molecule has 1 amide bonds. The zero-order chi connectivity index (χ0) is 18.5. The van der Waals surface area contributed by atoms with Gasteiger partial charge in [0.15, 0.2) is 0 Å². The van der Waals surface area contributed by atoms with Gasteiger partial charge in [-0.2, -0.15) is 11.8 Å². The molecule has 4 aliphatic rings. The Kier molecular flexibility index (Phi) is 4.53. The lowest BCUT2D eigenvalue weighted by molar-refractivity contribution is 0.0383. The molecule has 0 radical (unpaired) electrons. The molecule has 0 saturated heterocycles. The van der Waals surface area contributed by atoms with Crippen LogP contribution in [0.5, 0.6) is 0 Å². The maximum Gasteiger partial charge on any atom is 0.331 e. The SMILES string of the molecule is Cn1c(C(=O)NCCSC23CC4CC(CC(C4)C2)C3)cc(=O)n(C)c1=O. The highest BCUT2D eigenvalue weighted by molar-refractivity contribution is 8.00. The molecule has 5 rings (SSSR count). The van der Waals surface area contributed by atoms with Gasteiger partial charge in [-0.25, -0.2) is 4.79 Å². The van der Waals surface area contributed by atoms with E-state index in [4.69, 9.17) is 0 Å². The number of hydrogen-bond acceptors (Lipinski definition) is 4. The molecule has 142 valence electrons. The highest BCUT2D eigenvalue weighted by Gasteiger charge is 2.50. The van der Waals surface area contributed by atoms with Gasteiger partial charge in [0.05, 0.1) is 0 Å². The zero-order valence-electron chi connectivity index (χ0n) is 15.5. The Morgan fingerprint density at radius 3 is 2.27 bits per heavy atom. The first-order valence-electron chi connectivity index (χ1n) is 9.56. The lowest BCUT2D eigenvalue weighted by Crippen LogP contribution is -2.49. The minimum atomic E-state index is -0.481. The molecule has 4 aliphatic carbocycles. The van der Waals surface area contributed by atoms with Gasteiger partial charge in [-0.05, 0) is 56.3 Å². The summed E-state index contributed by atoms with van der Waals surface area (Å²) in [6, 6.07) is 1.23. The van der Waals surface area contributed by atoms with Crippen molar-refractivity contribution >= 4 is 17.7 Å². The average Bonchev–Trinajstić information content (AvgIpc) is 2.58. The molecule has 1 N–H and O–H groups in total. The van der Waals surface area contributed by atoms with E-state index in [-0.39, 0.29) is 11.6 Å². The molecule has 0 aromatic carbocycles. The number of nitrogens with zero attached hydrogens (tertiary/aromatic N) is 2. The summed E-state index contributed by atoms with van der Waals surface area (Å²) in [6.07, 6.45) is 8.36. The van der Waals surface area contributed by atoms with Crippen LogP contribution in [0.2, 0.25) is 0 Å². The second kappa shape index (κ2) is 6.59. The van der Waals surface area contributed by atoms with Gasteiger partial charge in [0.1, 0.15) is 5.69 Å². The smallest absolute Gasteiger partial charge is 0.331 e. The van der Waals surface area contributed by atoms with Gasteiger partial charge in [0.25, 0.3) is 11.5 Å². The fourth-order valence-electron chi connectivity index (χ4n) is 5.68. The first-order chi connectivity index (χ1) is 12.4. The quantitative estimate of drug-likeness (QED) is 0.790. The number of nitrogens with one attached hydrogen (secondary N) is 1. The van der Waals surface area contributed by atoms with Gasteiger partial charge in [-0.3, -0.25) is 18.7 Å². The number of aromatic nitrogens is 2. The monoisotopic (exact) mass is 377 g/mol. The number of carbonyl (C=O) groups excluding carboxylic acids is 1. The van der Waals surface area contributed by atoms with E-state index in [0.29, 0.717) is 11.3 Å². The lowest BCUT2D eigenvalue weighted by Gasteiger charge is -2.56. The Balaban J connectivity index is 1.34. The van der Waals surface area contributed by atoms with Crippen molar-refractivity contribution in [1.29, 1.82) is 0 Å². The first kappa shape index (κ1) is 17.9. The molecule has 0 spiro atoms. The minimum absolute atomic E-state index is 0.123. The minimum Gasteiger partial charge on any atom is -0.350 e. The molecule has 1 aromatic heterocycles. The summed E-state index contributed by atoms with van der Waals surface area (Å²) in [6.45, 7) is 0.564. The van der Waals surface area contributed by atoms with Crippen LogP contribution in [0.1, 0.15) is 49.0 Å². The summed E-state index contributed by atoms with van der Waals surface area (Å²) >= 11 is 2.04. The van der Waals surface area contributed by atoms with Crippen molar-refractivity contribution in [3.05, 3.63) is 32.6 Å². The van der Waals surface area contributed by atoms with Crippen molar-refractivity contribution in [1.82, 2.24) is 14.5 Å². The zero-order valence-corrected chi connectivity index (χ0v) is 16.3. The van der Waals surface area contributed by atoms with Crippen LogP contribution in [0.4, 0.5) is 0 Å². The molecule has 4 fully saturated rings. The highest BCUT2D eigenvalue weighted by atomic mass is 32.2. The van der Waals surface area contributed by atoms with Gasteiger partial charge in [-0.1, -0.05) is 0 Å². The molecule has 0 aliphatic heterocycles. The molecular formula is C19H27N3O3S. The molecule has 4 bridgehead atoms. The summed E-state index contributed by atoms with van der Waals surface area (Å²) in [4.78, 5) is 36.1. The molecule has 7 heteroatoms.